The van der Waals surface area contributed by atoms with E-state index in [4.69, 9.17) is 27.6 Å². The molecule has 2 rings (SSSR count). The van der Waals surface area contributed by atoms with Gasteiger partial charge in [0.1, 0.15) is 22.9 Å². The molecule has 0 fully saturated rings. The van der Waals surface area contributed by atoms with Crippen LogP contribution < -0.4 is 5.56 Å². The molecule has 0 saturated heterocycles. The molecule has 2 aromatic rings. The van der Waals surface area contributed by atoms with Gasteiger partial charge in [-0.15, -0.1) is 0 Å². The minimum Gasteiger partial charge on any atom is -0.466 e. The van der Waals surface area contributed by atoms with E-state index in [1.165, 1.54) is 25.6 Å². The topological polar surface area (TPSA) is 74.3 Å². The van der Waals surface area contributed by atoms with Crippen LogP contribution >= 0.6 is 23.2 Å². The van der Waals surface area contributed by atoms with Crippen LogP contribution in [0.5, 0.6) is 0 Å². The summed E-state index contributed by atoms with van der Waals surface area (Å²) in [7, 11) is 1.25. The van der Waals surface area contributed by atoms with Crippen LogP contribution in [-0.2, 0) is 11.3 Å². The third-order valence-electron chi connectivity index (χ3n) is 2.39. The number of esters is 1. The Morgan fingerprint density at radius 2 is 2.26 bits per heavy atom. The van der Waals surface area contributed by atoms with Gasteiger partial charge < -0.3 is 9.15 Å². The number of halogens is 2. The van der Waals surface area contributed by atoms with Gasteiger partial charge in [-0.3, -0.25) is 4.79 Å². The van der Waals surface area contributed by atoms with Crippen LogP contribution in [0, 0.1) is 0 Å². The van der Waals surface area contributed by atoms with Crippen LogP contribution in [0.4, 0.5) is 0 Å². The van der Waals surface area contributed by atoms with Gasteiger partial charge in [-0.05, 0) is 6.07 Å². The molecule has 2 aromatic heterocycles. The Labute approximate surface area is 117 Å². The first-order valence-corrected chi connectivity index (χ1v) is 5.86. The molecule has 0 spiro atoms. The summed E-state index contributed by atoms with van der Waals surface area (Å²) in [5.74, 6) is -0.309. The maximum atomic E-state index is 11.8. The quantitative estimate of drug-likeness (QED) is 0.811. The van der Waals surface area contributed by atoms with Crippen molar-refractivity contribution in [1.29, 1.82) is 0 Å². The molecule has 0 radical (unpaired) electrons. The molecular weight excluding hydrogens is 295 g/mol. The molecule has 8 heteroatoms. The van der Waals surface area contributed by atoms with Crippen LogP contribution in [0.15, 0.2) is 27.7 Å². The lowest BCUT2D eigenvalue weighted by Crippen LogP contribution is -2.24. The monoisotopic (exact) mass is 302 g/mol. The Kier molecular flexibility index (Phi) is 3.92. The number of carbonyl (C=O) groups excluding carboxylic acids is 1. The Hall–Kier alpha value is -1.79. The van der Waals surface area contributed by atoms with Gasteiger partial charge in [0.25, 0.3) is 5.56 Å². The normalized spacial score (nSPS) is 10.5. The van der Waals surface area contributed by atoms with E-state index in [1.807, 2.05) is 0 Å². The molecule has 0 aliphatic carbocycles. The van der Waals surface area contributed by atoms with Gasteiger partial charge in [-0.1, -0.05) is 23.2 Å². The number of aromatic nitrogens is 2. The van der Waals surface area contributed by atoms with Crippen molar-refractivity contribution in [2.45, 2.75) is 6.54 Å². The first-order chi connectivity index (χ1) is 9.04. The zero-order chi connectivity index (χ0) is 14.0. The first kappa shape index (κ1) is 13.6. The van der Waals surface area contributed by atoms with Crippen molar-refractivity contribution in [3.63, 3.8) is 0 Å². The lowest BCUT2D eigenvalue weighted by atomic mass is 10.2. The third kappa shape index (κ3) is 2.64. The maximum absolute atomic E-state index is 11.8. The molecule has 6 nitrogen and oxygen atoms in total. The number of methoxy groups -OCH3 is 1. The fourth-order valence-corrected chi connectivity index (χ4v) is 1.72. The average Bonchev–Trinajstić information content (AvgIpc) is 2.87. The van der Waals surface area contributed by atoms with Gasteiger partial charge in [-0.25, -0.2) is 9.48 Å². The van der Waals surface area contributed by atoms with Crippen LogP contribution in [0.2, 0.25) is 10.0 Å². The smallest absolute Gasteiger partial charge is 0.341 e. The summed E-state index contributed by atoms with van der Waals surface area (Å²) in [5, 5.41) is 3.74. The molecule has 100 valence electrons. The molecule has 0 N–H and O–H groups in total. The molecule has 0 amide bonds. The summed E-state index contributed by atoms with van der Waals surface area (Å²) in [6.07, 6.45) is 2.57. The summed E-state index contributed by atoms with van der Waals surface area (Å²) in [5.41, 5.74) is -0.344. The van der Waals surface area contributed by atoms with Gasteiger partial charge in [0.15, 0.2) is 0 Å². The molecule has 19 heavy (non-hydrogen) atoms. The third-order valence-corrected chi connectivity index (χ3v) is 3.14. The van der Waals surface area contributed by atoms with Gasteiger partial charge in [0.2, 0.25) is 0 Å². The van der Waals surface area contributed by atoms with Crippen LogP contribution in [0.3, 0.4) is 0 Å². The number of carbonyl (C=O) groups is 1. The Balaban J connectivity index is 2.38. The zero-order valence-corrected chi connectivity index (χ0v) is 11.2. The van der Waals surface area contributed by atoms with E-state index < -0.39 is 11.5 Å². The van der Waals surface area contributed by atoms with Crippen LogP contribution in [0.1, 0.15) is 16.1 Å². The molecule has 0 saturated carbocycles. The van der Waals surface area contributed by atoms with E-state index in [0.717, 1.165) is 4.68 Å². The SMILES string of the molecule is COC(=O)c1ccoc1Cn1ncc(Cl)c(Cl)c1=O. The molecular formula is C11H8Cl2N2O4. The van der Waals surface area contributed by atoms with Crippen molar-refractivity contribution >= 4 is 29.2 Å². The Bertz CT molecular complexity index is 678. The Morgan fingerprint density at radius 1 is 1.53 bits per heavy atom. The van der Waals surface area contributed by atoms with Gasteiger partial charge >= 0.3 is 5.97 Å². The van der Waals surface area contributed by atoms with Gasteiger partial charge in [-0.2, -0.15) is 5.10 Å². The van der Waals surface area contributed by atoms with Crippen molar-refractivity contribution in [3.8, 4) is 0 Å². The fourth-order valence-electron chi connectivity index (χ4n) is 1.45. The molecule has 0 atom stereocenters. The van der Waals surface area contributed by atoms with E-state index in [2.05, 4.69) is 9.84 Å². The molecule has 0 aromatic carbocycles. The summed E-state index contributed by atoms with van der Waals surface area (Å²) >= 11 is 11.4. The van der Waals surface area contributed by atoms with E-state index >= 15 is 0 Å². The predicted octanol–water partition coefficient (Wildman–Crippen LogP) is 1.98. The minimum atomic E-state index is -0.568. The average molecular weight is 303 g/mol. The number of hydrogen-bond acceptors (Lipinski definition) is 5. The first-order valence-electron chi connectivity index (χ1n) is 5.10. The number of hydrogen-bond donors (Lipinski definition) is 0. The lowest BCUT2D eigenvalue weighted by molar-refractivity contribution is 0.0598. The number of nitrogens with zero attached hydrogens (tertiary/aromatic N) is 2. The van der Waals surface area contributed by atoms with E-state index in [0.29, 0.717) is 0 Å². The number of furan rings is 1. The molecule has 0 aliphatic heterocycles. The molecule has 0 unspecified atom stereocenters. The summed E-state index contributed by atoms with van der Waals surface area (Å²) in [4.78, 5) is 23.2. The van der Waals surface area contributed by atoms with Crippen molar-refractivity contribution in [3.05, 3.63) is 50.2 Å². The largest absolute Gasteiger partial charge is 0.466 e. The molecule has 2 heterocycles. The minimum absolute atomic E-state index is 0.0485. The molecule has 0 aliphatic rings. The van der Waals surface area contributed by atoms with Crippen molar-refractivity contribution in [1.82, 2.24) is 9.78 Å². The lowest BCUT2D eigenvalue weighted by Gasteiger charge is -2.05. The van der Waals surface area contributed by atoms with Crippen LogP contribution in [-0.4, -0.2) is 22.9 Å². The second-order valence-electron chi connectivity index (χ2n) is 3.52. The number of ether oxygens (including phenoxy) is 1. The Morgan fingerprint density at radius 3 is 2.95 bits per heavy atom. The van der Waals surface area contributed by atoms with E-state index in [-0.39, 0.29) is 27.9 Å². The highest BCUT2D eigenvalue weighted by Gasteiger charge is 2.17. The van der Waals surface area contributed by atoms with E-state index in [1.54, 1.807) is 0 Å². The van der Waals surface area contributed by atoms with E-state index in [9.17, 15) is 9.59 Å². The second-order valence-corrected chi connectivity index (χ2v) is 4.30. The maximum Gasteiger partial charge on any atom is 0.341 e. The highest BCUT2D eigenvalue weighted by atomic mass is 35.5. The summed E-state index contributed by atoms with van der Waals surface area (Å²) in [6.45, 7) is -0.0485. The standard InChI is InChI=1S/C11H8Cl2N2O4/c1-18-11(17)6-2-3-19-8(6)5-15-10(16)9(13)7(12)4-14-15/h2-4H,5H2,1H3. The van der Waals surface area contributed by atoms with Gasteiger partial charge in [0, 0.05) is 0 Å². The van der Waals surface area contributed by atoms with Gasteiger partial charge in [0.05, 0.1) is 24.6 Å². The van der Waals surface area contributed by atoms with Crippen molar-refractivity contribution < 1.29 is 13.9 Å². The zero-order valence-electron chi connectivity index (χ0n) is 9.72. The predicted molar refractivity (Wildman–Crippen MR) is 67.7 cm³/mol. The number of rotatable bonds is 3. The fraction of sp³-hybridized carbons (Fsp3) is 0.182. The summed E-state index contributed by atoms with van der Waals surface area (Å²) < 4.78 is 10.8. The molecule has 0 bridgehead atoms. The highest BCUT2D eigenvalue weighted by Crippen LogP contribution is 2.16. The second kappa shape index (κ2) is 5.46. The van der Waals surface area contributed by atoms with Crippen molar-refractivity contribution in [2.24, 2.45) is 0 Å². The van der Waals surface area contributed by atoms with Crippen molar-refractivity contribution in [2.75, 3.05) is 7.11 Å². The summed E-state index contributed by atoms with van der Waals surface area (Å²) in [6, 6.07) is 1.45. The highest BCUT2D eigenvalue weighted by molar-refractivity contribution is 6.41. The van der Waals surface area contributed by atoms with Crippen LogP contribution in [0.25, 0.3) is 0 Å².